The molecule has 4 nitrogen and oxygen atoms in total. The van der Waals surface area contributed by atoms with Crippen LogP contribution in [0.4, 0.5) is 0 Å². The van der Waals surface area contributed by atoms with Crippen LogP contribution in [-0.4, -0.2) is 25.1 Å². The number of nitrogens with one attached hydrogen (secondary N) is 2. The number of aryl methyl sites for hydroxylation is 1. The average molecular weight is 290 g/mol. The summed E-state index contributed by atoms with van der Waals surface area (Å²) in [4.78, 5) is 11.7. The molecule has 1 heterocycles. The number of para-hydroxylation sites is 1. The normalized spacial score (nSPS) is 17.8. The second-order valence-electron chi connectivity index (χ2n) is 5.96. The van der Waals surface area contributed by atoms with E-state index in [-0.39, 0.29) is 18.0 Å². The van der Waals surface area contributed by atoms with Gasteiger partial charge in [-0.2, -0.15) is 0 Å². The molecule has 1 aromatic rings. The molecule has 1 atom stereocenters. The zero-order chi connectivity index (χ0) is 15.2. The largest absolute Gasteiger partial charge is 0.493 e. The number of ether oxygens (including phenoxy) is 1. The van der Waals surface area contributed by atoms with Crippen LogP contribution in [-0.2, 0) is 4.79 Å². The predicted molar refractivity (Wildman–Crippen MR) is 84.5 cm³/mol. The summed E-state index contributed by atoms with van der Waals surface area (Å²) in [7, 11) is 0. The van der Waals surface area contributed by atoms with Gasteiger partial charge < -0.3 is 15.4 Å². The van der Waals surface area contributed by atoms with E-state index in [4.69, 9.17) is 4.74 Å². The van der Waals surface area contributed by atoms with E-state index in [1.54, 1.807) is 0 Å². The van der Waals surface area contributed by atoms with Crippen LogP contribution in [0.25, 0.3) is 0 Å². The highest BCUT2D eigenvalue weighted by molar-refractivity contribution is 5.76. The lowest BCUT2D eigenvalue weighted by Gasteiger charge is -2.19. The van der Waals surface area contributed by atoms with Gasteiger partial charge in [-0.3, -0.25) is 4.79 Å². The van der Waals surface area contributed by atoms with Gasteiger partial charge in [-0.05, 0) is 39.2 Å². The number of carbonyl (C=O) groups is 1. The Morgan fingerprint density at radius 2 is 2.24 bits per heavy atom. The molecule has 0 aliphatic carbocycles. The lowest BCUT2D eigenvalue weighted by molar-refractivity contribution is -0.121. The molecular weight excluding hydrogens is 264 g/mol. The van der Waals surface area contributed by atoms with E-state index in [0.717, 1.165) is 25.2 Å². The highest BCUT2D eigenvalue weighted by Crippen LogP contribution is 2.33. The van der Waals surface area contributed by atoms with Gasteiger partial charge in [0.25, 0.3) is 0 Å². The first-order valence-electron chi connectivity index (χ1n) is 7.83. The zero-order valence-electron chi connectivity index (χ0n) is 13.2. The maximum atomic E-state index is 11.7. The van der Waals surface area contributed by atoms with Crippen molar-refractivity contribution >= 4 is 5.91 Å². The molecule has 1 aliphatic rings. The molecule has 0 spiro atoms. The third-order valence-corrected chi connectivity index (χ3v) is 3.69. The van der Waals surface area contributed by atoms with Crippen molar-refractivity contribution in [2.75, 3.05) is 13.2 Å². The minimum Gasteiger partial charge on any atom is -0.493 e. The Kier molecular flexibility index (Phi) is 5.62. The molecule has 2 rings (SSSR count). The molecule has 0 fully saturated rings. The lowest BCUT2D eigenvalue weighted by atomic mass is 10.00. The van der Waals surface area contributed by atoms with Gasteiger partial charge in [0.1, 0.15) is 5.75 Å². The fourth-order valence-electron chi connectivity index (χ4n) is 2.73. The Balaban J connectivity index is 1.95. The molecule has 1 unspecified atom stereocenters. The predicted octanol–water partition coefficient (Wildman–Crippen LogP) is 2.71. The second-order valence-corrected chi connectivity index (χ2v) is 5.96. The fourth-order valence-corrected chi connectivity index (χ4v) is 2.73. The molecule has 1 aromatic carbocycles. The third-order valence-electron chi connectivity index (χ3n) is 3.69. The topological polar surface area (TPSA) is 50.4 Å². The first-order chi connectivity index (χ1) is 10.1. The van der Waals surface area contributed by atoms with Crippen molar-refractivity contribution in [2.45, 2.75) is 52.1 Å². The van der Waals surface area contributed by atoms with E-state index >= 15 is 0 Å². The van der Waals surface area contributed by atoms with Crippen molar-refractivity contribution in [1.29, 1.82) is 0 Å². The van der Waals surface area contributed by atoms with Gasteiger partial charge >= 0.3 is 0 Å². The molecule has 116 valence electrons. The van der Waals surface area contributed by atoms with Gasteiger partial charge in [0.15, 0.2) is 0 Å². The standard InChI is InChI=1S/C17H26N2O2/c1-12(2)19-16(20)9-10-18-15-8-5-11-21-17-13(3)6-4-7-14(15)17/h4,6-7,12,15,18H,5,8-11H2,1-3H3,(H,19,20). The van der Waals surface area contributed by atoms with E-state index in [1.807, 2.05) is 13.8 Å². The minimum absolute atomic E-state index is 0.104. The van der Waals surface area contributed by atoms with Crippen molar-refractivity contribution in [2.24, 2.45) is 0 Å². The highest BCUT2D eigenvalue weighted by Gasteiger charge is 2.20. The summed E-state index contributed by atoms with van der Waals surface area (Å²) < 4.78 is 5.87. The van der Waals surface area contributed by atoms with E-state index < -0.39 is 0 Å². The second kappa shape index (κ2) is 7.46. The third kappa shape index (κ3) is 4.46. The summed E-state index contributed by atoms with van der Waals surface area (Å²) in [5.41, 5.74) is 2.40. The number of hydrogen-bond donors (Lipinski definition) is 2. The van der Waals surface area contributed by atoms with E-state index in [0.29, 0.717) is 13.0 Å². The van der Waals surface area contributed by atoms with Crippen molar-refractivity contribution < 1.29 is 9.53 Å². The van der Waals surface area contributed by atoms with Crippen molar-refractivity contribution in [3.05, 3.63) is 29.3 Å². The van der Waals surface area contributed by atoms with Gasteiger partial charge in [-0.1, -0.05) is 18.2 Å². The summed E-state index contributed by atoms with van der Waals surface area (Å²) in [6.45, 7) is 7.50. The SMILES string of the molecule is Cc1cccc2c1OCCCC2NCCC(=O)NC(C)C. The smallest absolute Gasteiger partial charge is 0.221 e. The first kappa shape index (κ1) is 15.8. The maximum Gasteiger partial charge on any atom is 0.221 e. The lowest BCUT2D eigenvalue weighted by Crippen LogP contribution is -2.33. The van der Waals surface area contributed by atoms with Gasteiger partial charge in [0.05, 0.1) is 6.61 Å². The summed E-state index contributed by atoms with van der Waals surface area (Å²) in [5, 5.41) is 6.43. The molecule has 1 aliphatic heterocycles. The first-order valence-corrected chi connectivity index (χ1v) is 7.83. The summed E-state index contributed by atoms with van der Waals surface area (Å²) in [6.07, 6.45) is 2.59. The van der Waals surface area contributed by atoms with Gasteiger partial charge in [0, 0.05) is 30.6 Å². The van der Waals surface area contributed by atoms with E-state index in [1.165, 1.54) is 11.1 Å². The number of benzene rings is 1. The Hall–Kier alpha value is -1.55. The van der Waals surface area contributed by atoms with Crippen LogP contribution >= 0.6 is 0 Å². The number of hydrogen-bond acceptors (Lipinski definition) is 3. The van der Waals surface area contributed by atoms with Crippen molar-refractivity contribution in [3.63, 3.8) is 0 Å². The van der Waals surface area contributed by atoms with Crippen LogP contribution < -0.4 is 15.4 Å². The van der Waals surface area contributed by atoms with Crippen LogP contribution in [0.15, 0.2) is 18.2 Å². The highest BCUT2D eigenvalue weighted by atomic mass is 16.5. The van der Waals surface area contributed by atoms with Crippen molar-refractivity contribution in [3.8, 4) is 5.75 Å². The molecule has 0 radical (unpaired) electrons. The molecule has 0 saturated carbocycles. The summed E-state index contributed by atoms with van der Waals surface area (Å²) >= 11 is 0. The van der Waals surface area contributed by atoms with Crippen LogP contribution in [0, 0.1) is 6.92 Å². The number of carbonyl (C=O) groups excluding carboxylic acids is 1. The molecular formula is C17H26N2O2. The minimum atomic E-state index is 0.104. The molecule has 1 amide bonds. The van der Waals surface area contributed by atoms with Crippen LogP contribution in [0.2, 0.25) is 0 Å². The van der Waals surface area contributed by atoms with E-state index in [9.17, 15) is 4.79 Å². The zero-order valence-corrected chi connectivity index (χ0v) is 13.2. The van der Waals surface area contributed by atoms with Crippen LogP contribution in [0.1, 0.15) is 50.3 Å². The summed E-state index contributed by atoms with van der Waals surface area (Å²) in [5.74, 6) is 1.12. The van der Waals surface area contributed by atoms with Crippen LogP contribution in [0.5, 0.6) is 5.75 Å². The van der Waals surface area contributed by atoms with Crippen LogP contribution in [0.3, 0.4) is 0 Å². The fraction of sp³-hybridized carbons (Fsp3) is 0.588. The molecule has 0 saturated heterocycles. The molecule has 2 N–H and O–H groups in total. The molecule has 0 aromatic heterocycles. The number of fused-ring (bicyclic) bond motifs is 1. The molecule has 4 heteroatoms. The van der Waals surface area contributed by atoms with Gasteiger partial charge in [0.2, 0.25) is 5.91 Å². The Bertz CT molecular complexity index is 486. The Labute approximate surface area is 127 Å². The Morgan fingerprint density at radius 1 is 1.43 bits per heavy atom. The monoisotopic (exact) mass is 290 g/mol. The maximum absolute atomic E-state index is 11.7. The van der Waals surface area contributed by atoms with Gasteiger partial charge in [-0.25, -0.2) is 0 Å². The molecule has 0 bridgehead atoms. The quantitative estimate of drug-likeness (QED) is 0.876. The Morgan fingerprint density at radius 3 is 3.00 bits per heavy atom. The molecule has 21 heavy (non-hydrogen) atoms. The summed E-state index contributed by atoms with van der Waals surface area (Å²) in [6, 6.07) is 6.75. The average Bonchev–Trinajstić information content (AvgIpc) is 2.62. The van der Waals surface area contributed by atoms with Gasteiger partial charge in [-0.15, -0.1) is 0 Å². The van der Waals surface area contributed by atoms with E-state index in [2.05, 4.69) is 35.8 Å². The van der Waals surface area contributed by atoms with Crippen molar-refractivity contribution in [1.82, 2.24) is 10.6 Å². The number of amides is 1. The number of rotatable bonds is 5.